The number of amides is 1. The summed E-state index contributed by atoms with van der Waals surface area (Å²) in [6.07, 6.45) is 1.71. The van der Waals surface area contributed by atoms with Gasteiger partial charge in [0.05, 0.1) is 11.9 Å². The second kappa shape index (κ2) is 5.77. The van der Waals surface area contributed by atoms with Gasteiger partial charge in [0.25, 0.3) is 5.91 Å². The first kappa shape index (κ1) is 14.8. The zero-order valence-corrected chi connectivity index (χ0v) is 13.0. The predicted octanol–water partition coefficient (Wildman–Crippen LogP) is 2.37. The van der Waals surface area contributed by atoms with E-state index in [1.807, 2.05) is 18.7 Å². The Morgan fingerprint density at radius 1 is 1.35 bits per heavy atom. The number of nitrogens with zero attached hydrogens (tertiary/aromatic N) is 3. The van der Waals surface area contributed by atoms with Gasteiger partial charge in [-0.3, -0.25) is 4.79 Å². The van der Waals surface area contributed by atoms with Crippen LogP contribution in [0.3, 0.4) is 0 Å². The van der Waals surface area contributed by atoms with Crippen LogP contribution >= 0.6 is 0 Å². The summed E-state index contributed by atoms with van der Waals surface area (Å²) in [6.45, 7) is 10.1. The van der Waals surface area contributed by atoms with Crippen molar-refractivity contribution in [2.45, 2.75) is 33.6 Å². The van der Waals surface area contributed by atoms with Gasteiger partial charge in [0.1, 0.15) is 5.82 Å². The highest BCUT2D eigenvalue weighted by Crippen LogP contribution is 2.25. The number of hydrogen-bond donors (Lipinski definition) is 1. The summed E-state index contributed by atoms with van der Waals surface area (Å²) < 4.78 is 0. The van der Waals surface area contributed by atoms with Crippen LogP contribution in [0.15, 0.2) is 6.20 Å². The van der Waals surface area contributed by atoms with E-state index in [4.69, 9.17) is 0 Å². The Morgan fingerprint density at radius 3 is 2.45 bits per heavy atom. The lowest BCUT2D eigenvalue weighted by molar-refractivity contribution is 0.0779. The molecule has 2 atom stereocenters. The maximum Gasteiger partial charge on any atom is 0.274 e. The van der Waals surface area contributed by atoms with Crippen molar-refractivity contribution >= 4 is 11.6 Å². The van der Waals surface area contributed by atoms with Crippen LogP contribution in [0.1, 0.15) is 49.9 Å². The molecule has 1 amide bonds. The maximum atomic E-state index is 12.7. The summed E-state index contributed by atoms with van der Waals surface area (Å²) in [5, 5.41) is 3.02. The monoisotopic (exact) mass is 276 g/mol. The van der Waals surface area contributed by atoms with Crippen molar-refractivity contribution in [2.75, 3.05) is 25.5 Å². The van der Waals surface area contributed by atoms with Crippen LogP contribution in [0.5, 0.6) is 0 Å². The van der Waals surface area contributed by atoms with Crippen LogP contribution in [0, 0.1) is 11.8 Å². The molecule has 1 aliphatic heterocycles. The normalized spacial score (nSPS) is 22.4. The molecule has 2 rings (SSSR count). The van der Waals surface area contributed by atoms with Crippen molar-refractivity contribution in [2.24, 2.45) is 11.8 Å². The molecule has 1 aromatic rings. The van der Waals surface area contributed by atoms with Crippen LogP contribution in [-0.2, 0) is 0 Å². The Labute approximate surface area is 120 Å². The third kappa shape index (κ3) is 2.76. The Bertz CT molecular complexity index is 491. The lowest BCUT2D eigenvalue weighted by atomic mass is 10.0. The van der Waals surface area contributed by atoms with Gasteiger partial charge in [-0.05, 0) is 11.8 Å². The predicted molar refractivity (Wildman–Crippen MR) is 79.9 cm³/mol. The second-order valence-corrected chi connectivity index (χ2v) is 6.06. The Hall–Kier alpha value is -1.65. The molecule has 1 saturated heterocycles. The highest BCUT2D eigenvalue weighted by molar-refractivity contribution is 5.97. The summed E-state index contributed by atoms with van der Waals surface area (Å²) in [4.78, 5) is 23.4. The van der Waals surface area contributed by atoms with Crippen molar-refractivity contribution in [3.63, 3.8) is 0 Å². The minimum atomic E-state index is 0.00912. The molecule has 0 radical (unpaired) electrons. The standard InChI is InChI=1S/C15H24N4O/c1-9(2)14-17-6-12(16-5)13(18-14)15(20)19-7-10(3)11(4)8-19/h6,9-11,16H,7-8H2,1-5H3. The van der Waals surface area contributed by atoms with Crippen LogP contribution in [0.4, 0.5) is 5.69 Å². The average Bonchev–Trinajstić information content (AvgIpc) is 2.77. The average molecular weight is 276 g/mol. The van der Waals surface area contributed by atoms with Gasteiger partial charge in [-0.2, -0.15) is 0 Å². The molecule has 1 aromatic heterocycles. The molecule has 2 heterocycles. The third-order valence-electron chi connectivity index (χ3n) is 4.07. The van der Waals surface area contributed by atoms with Crippen LogP contribution in [0.25, 0.3) is 0 Å². The van der Waals surface area contributed by atoms with Crippen molar-refractivity contribution < 1.29 is 4.79 Å². The Kier molecular flexibility index (Phi) is 4.26. The van der Waals surface area contributed by atoms with E-state index in [1.54, 1.807) is 13.2 Å². The maximum absolute atomic E-state index is 12.7. The first-order valence-electron chi connectivity index (χ1n) is 7.28. The molecule has 0 aromatic carbocycles. The second-order valence-electron chi connectivity index (χ2n) is 6.06. The summed E-state index contributed by atoms with van der Waals surface area (Å²) in [5.41, 5.74) is 1.19. The number of aromatic nitrogens is 2. The molecule has 1 fully saturated rings. The summed E-state index contributed by atoms with van der Waals surface area (Å²) in [5.74, 6) is 2.03. The quantitative estimate of drug-likeness (QED) is 0.921. The van der Waals surface area contributed by atoms with E-state index >= 15 is 0 Å². The van der Waals surface area contributed by atoms with Gasteiger partial charge in [-0.25, -0.2) is 9.97 Å². The SMILES string of the molecule is CNc1cnc(C(C)C)nc1C(=O)N1CC(C)C(C)C1. The van der Waals surface area contributed by atoms with E-state index < -0.39 is 0 Å². The molecule has 5 heteroatoms. The molecule has 2 unspecified atom stereocenters. The molecule has 110 valence electrons. The topological polar surface area (TPSA) is 58.1 Å². The van der Waals surface area contributed by atoms with Gasteiger partial charge in [-0.1, -0.05) is 27.7 Å². The van der Waals surface area contributed by atoms with Gasteiger partial charge in [0, 0.05) is 26.1 Å². The van der Waals surface area contributed by atoms with E-state index in [9.17, 15) is 4.79 Å². The van der Waals surface area contributed by atoms with Crippen molar-refractivity contribution in [1.29, 1.82) is 0 Å². The molecule has 0 aliphatic carbocycles. The molecule has 20 heavy (non-hydrogen) atoms. The van der Waals surface area contributed by atoms with E-state index in [0.717, 1.165) is 13.1 Å². The van der Waals surface area contributed by atoms with Crippen molar-refractivity contribution in [3.8, 4) is 0 Å². The summed E-state index contributed by atoms with van der Waals surface area (Å²) in [7, 11) is 1.79. The van der Waals surface area contributed by atoms with Crippen molar-refractivity contribution in [3.05, 3.63) is 17.7 Å². The zero-order valence-electron chi connectivity index (χ0n) is 13.0. The Morgan fingerprint density at radius 2 is 1.95 bits per heavy atom. The fourth-order valence-corrected chi connectivity index (χ4v) is 2.46. The van der Waals surface area contributed by atoms with Gasteiger partial charge in [0.2, 0.25) is 0 Å². The molecule has 0 spiro atoms. The molecule has 0 bridgehead atoms. The third-order valence-corrected chi connectivity index (χ3v) is 4.07. The highest BCUT2D eigenvalue weighted by Gasteiger charge is 2.31. The smallest absolute Gasteiger partial charge is 0.274 e. The number of carbonyl (C=O) groups excluding carboxylic acids is 1. The number of rotatable bonds is 3. The van der Waals surface area contributed by atoms with Crippen LogP contribution < -0.4 is 5.32 Å². The molecule has 1 N–H and O–H groups in total. The van der Waals surface area contributed by atoms with Gasteiger partial charge < -0.3 is 10.2 Å². The number of likely N-dealkylation sites (tertiary alicyclic amines) is 1. The number of hydrogen-bond acceptors (Lipinski definition) is 4. The highest BCUT2D eigenvalue weighted by atomic mass is 16.2. The van der Waals surface area contributed by atoms with Crippen LogP contribution in [-0.4, -0.2) is 40.9 Å². The summed E-state index contributed by atoms with van der Waals surface area (Å²) in [6, 6.07) is 0. The fraction of sp³-hybridized carbons (Fsp3) is 0.667. The number of carbonyl (C=O) groups is 1. The van der Waals surface area contributed by atoms with Crippen LogP contribution in [0.2, 0.25) is 0 Å². The zero-order chi connectivity index (χ0) is 14.9. The van der Waals surface area contributed by atoms with Gasteiger partial charge in [0.15, 0.2) is 5.69 Å². The van der Waals surface area contributed by atoms with E-state index in [-0.39, 0.29) is 11.8 Å². The van der Waals surface area contributed by atoms with Gasteiger partial charge in [-0.15, -0.1) is 0 Å². The Balaban J connectivity index is 2.30. The molecule has 0 saturated carbocycles. The van der Waals surface area contributed by atoms with Crippen molar-refractivity contribution in [1.82, 2.24) is 14.9 Å². The lowest BCUT2D eigenvalue weighted by Gasteiger charge is -2.18. The molecule has 5 nitrogen and oxygen atoms in total. The van der Waals surface area contributed by atoms with Gasteiger partial charge >= 0.3 is 0 Å². The summed E-state index contributed by atoms with van der Waals surface area (Å²) >= 11 is 0. The molecule has 1 aliphatic rings. The molecular formula is C15H24N4O. The molecular weight excluding hydrogens is 252 g/mol. The number of nitrogens with one attached hydrogen (secondary N) is 1. The fourth-order valence-electron chi connectivity index (χ4n) is 2.46. The largest absolute Gasteiger partial charge is 0.385 e. The number of anilines is 1. The van der Waals surface area contributed by atoms with E-state index in [2.05, 4.69) is 29.1 Å². The first-order chi connectivity index (χ1) is 9.43. The minimum absolute atomic E-state index is 0.00912. The minimum Gasteiger partial charge on any atom is -0.385 e. The lowest BCUT2D eigenvalue weighted by Crippen LogP contribution is -2.30. The first-order valence-corrected chi connectivity index (χ1v) is 7.28. The van der Waals surface area contributed by atoms with E-state index in [0.29, 0.717) is 29.0 Å². The van der Waals surface area contributed by atoms with E-state index in [1.165, 1.54) is 0 Å².